The van der Waals surface area contributed by atoms with E-state index in [9.17, 15) is 14.4 Å². The van der Waals surface area contributed by atoms with Gasteiger partial charge in [0, 0.05) is 37.2 Å². The number of aromatic nitrogens is 5. The summed E-state index contributed by atoms with van der Waals surface area (Å²) in [6.07, 6.45) is 7.69. The van der Waals surface area contributed by atoms with E-state index in [1.54, 1.807) is 4.57 Å². The molecule has 33 heavy (non-hydrogen) atoms. The lowest BCUT2D eigenvalue weighted by atomic mass is 10.2. The van der Waals surface area contributed by atoms with E-state index < -0.39 is 11.2 Å². The molecule has 0 radical (unpaired) electrons. The van der Waals surface area contributed by atoms with Gasteiger partial charge in [-0.1, -0.05) is 33.1 Å². The van der Waals surface area contributed by atoms with E-state index in [0.717, 1.165) is 37.8 Å². The van der Waals surface area contributed by atoms with E-state index in [-0.39, 0.29) is 12.3 Å². The van der Waals surface area contributed by atoms with Gasteiger partial charge in [0.15, 0.2) is 16.3 Å². The average Bonchev–Trinajstić information content (AvgIpc) is 3.43. The second kappa shape index (κ2) is 10.5. The van der Waals surface area contributed by atoms with Gasteiger partial charge in [-0.25, -0.2) is 14.8 Å². The number of carbonyl (C=O) groups excluding carboxylic acids is 1. The van der Waals surface area contributed by atoms with Crippen LogP contribution in [0.25, 0.3) is 11.2 Å². The third kappa shape index (κ3) is 5.43. The number of thiazole rings is 1. The lowest BCUT2D eigenvalue weighted by Crippen LogP contribution is -2.31. The summed E-state index contributed by atoms with van der Waals surface area (Å²) in [5.41, 5.74) is 1.05. The molecule has 1 aliphatic rings. The molecule has 0 aromatic carbocycles. The quantitative estimate of drug-likeness (QED) is 0.389. The van der Waals surface area contributed by atoms with Gasteiger partial charge < -0.3 is 9.88 Å². The van der Waals surface area contributed by atoms with Gasteiger partial charge in [0.2, 0.25) is 5.91 Å². The van der Waals surface area contributed by atoms with E-state index in [2.05, 4.69) is 29.1 Å². The summed E-state index contributed by atoms with van der Waals surface area (Å²) in [6.45, 7) is 5.31. The second-order valence-electron chi connectivity index (χ2n) is 8.72. The average molecular weight is 473 g/mol. The molecule has 3 aromatic heterocycles. The van der Waals surface area contributed by atoms with Gasteiger partial charge in [0.05, 0.1) is 5.69 Å². The number of rotatable bonds is 12. The zero-order chi connectivity index (χ0) is 23.4. The van der Waals surface area contributed by atoms with Crippen LogP contribution < -0.4 is 16.6 Å². The third-order valence-corrected chi connectivity index (χ3v) is 6.80. The molecule has 0 aliphatic heterocycles. The standard InChI is InChI=1S/C23H32N6O3S/c1-3-5-7-13-28-17(10-11-18(30)26-22-24-16(14-33-22)15-8-9-15)25-20-19(28)21(31)27-23(32)29(20)12-6-4-2/h14-15H,3-13H2,1-2H3,(H,24,26,30)(H,27,31,32). The van der Waals surface area contributed by atoms with Crippen molar-refractivity contribution < 1.29 is 4.79 Å². The number of carbonyl (C=O) groups is 1. The Morgan fingerprint density at radius 1 is 1.12 bits per heavy atom. The number of aryl methyl sites for hydroxylation is 3. The van der Waals surface area contributed by atoms with E-state index in [1.807, 2.05) is 9.95 Å². The highest BCUT2D eigenvalue weighted by molar-refractivity contribution is 7.13. The summed E-state index contributed by atoms with van der Waals surface area (Å²) in [4.78, 5) is 49.4. The van der Waals surface area contributed by atoms with E-state index in [0.29, 0.717) is 47.5 Å². The fraction of sp³-hybridized carbons (Fsp3) is 0.609. The van der Waals surface area contributed by atoms with Gasteiger partial charge in [-0.3, -0.25) is 19.1 Å². The van der Waals surface area contributed by atoms with Crippen molar-refractivity contribution in [1.82, 2.24) is 24.1 Å². The van der Waals surface area contributed by atoms with Crippen molar-refractivity contribution in [3.05, 3.63) is 37.7 Å². The topological polar surface area (TPSA) is 115 Å². The first kappa shape index (κ1) is 23.4. The summed E-state index contributed by atoms with van der Waals surface area (Å²) in [7, 11) is 0. The highest BCUT2D eigenvalue weighted by Crippen LogP contribution is 2.40. The van der Waals surface area contributed by atoms with Crippen LogP contribution in [0.15, 0.2) is 15.0 Å². The molecule has 178 valence electrons. The lowest BCUT2D eigenvalue weighted by molar-refractivity contribution is -0.116. The molecule has 3 aromatic rings. The molecule has 0 spiro atoms. The molecule has 0 atom stereocenters. The molecular weight excluding hydrogens is 440 g/mol. The molecule has 3 heterocycles. The maximum atomic E-state index is 12.7. The fourth-order valence-corrected chi connectivity index (χ4v) is 4.82. The van der Waals surface area contributed by atoms with Crippen molar-refractivity contribution in [2.24, 2.45) is 0 Å². The maximum Gasteiger partial charge on any atom is 0.330 e. The second-order valence-corrected chi connectivity index (χ2v) is 9.58. The number of hydrogen-bond acceptors (Lipinski definition) is 6. The van der Waals surface area contributed by atoms with Crippen LogP contribution in [0, 0.1) is 0 Å². The van der Waals surface area contributed by atoms with Crippen LogP contribution in [0.4, 0.5) is 5.13 Å². The molecular formula is C23H32N6O3S. The van der Waals surface area contributed by atoms with Crippen LogP contribution in [-0.4, -0.2) is 30.0 Å². The Morgan fingerprint density at radius 3 is 2.61 bits per heavy atom. The third-order valence-electron chi connectivity index (χ3n) is 6.02. The van der Waals surface area contributed by atoms with Crippen molar-refractivity contribution >= 4 is 33.5 Å². The molecule has 1 fully saturated rings. The zero-order valence-corrected chi connectivity index (χ0v) is 20.2. The number of unbranched alkanes of at least 4 members (excludes halogenated alkanes) is 3. The van der Waals surface area contributed by atoms with Gasteiger partial charge >= 0.3 is 5.69 Å². The number of imidazole rings is 1. The van der Waals surface area contributed by atoms with Gasteiger partial charge in [-0.15, -0.1) is 11.3 Å². The van der Waals surface area contributed by atoms with Gasteiger partial charge in [-0.2, -0.15) is 0 Å². The normalized spacial score (nSPS) is 13.6. The predicted molar refractivity (Wildman–Crippen MR) is 130 cm³/mol. The minimum Gasteiger partial charge on any atom is -0.322 e. The molecule has 9 nitrogen and oxygen atoms in total. The van der Waals surface area contributed by atoms with Gasteiger partial charge in [0.1, 0.15) is 5.82 Å². The summed E-state index contributed by atoms with van der Waals surface area (Å²) in [5.74, 6) is 1.09. The Bertz CT molecular complexity index is 1230. The van der Waals surface area contributed by atoms with Crippen molar-refractivity contribution in [2.45, 2.75) is 90.6 Å². The Balaban J connectivity index is 1.56. The van der Waals surface area contributed by atoms with Crippen LogP contribution in [0.5, 0.6) is 0 Å². The molecule has 0 saturated heterocycles. The summed E-state index contributed by atoms with van der Waals surface area (Å²) in [6, 6.07) is 0. The molecule has 1 aliphatic carbocycles. The Labute approximate surface area is 196 Å². The summed E-state index contributed by atoms with van der Waals surface area (Å²) >= 11 is 1.45. The number of amides is 1. The van der Waals surface area contributed by atoms with E-state index in [4.69, 9.17) is 4.98 Å². The number of nitrogens with zero attached hydrogens (tertiary/aromatic N) is 4. The molecule has 10 heteroatoms. The molecule has 0 bridgehead atoms. The number of aromatic amines is 1. The van der Waals surface area contributed by atoms with Crippen molar-refractivity contribution in [3.63, 3.8) is 0 Å². The fourth-order valence-electron chi connectivity index (χ4n) is 4.01. The predicted octanol–water partition coefficient (Wildman–Crippen LogP) is 3.78. The largest absolute Gasteiger partial charge is 0.330 e. The Kier molecular flexibility index (Phi) is 7.42. The highest BCUT2D eigenvalue weighted by Gasteiger charge is 2.26. The van der Waals surface area contributed by atoms with Gasteiger partial charge in [-0.05, 0) is 25.7 Å². The zero-order valence-electron chi connectivity index (χ0n) is 19.4. The van der Waals surface area contributed by atoms with Crippen LogP contribution in [0.1, 0.15) is 82.7 Å². The van der Waals surface area contributed by atoms with Crippen molar-refractivity contribution in [1.29, 1.82) is 0 Å². The number of hydrogen-bond donors (Lipinski definition) is 2. The van der Waals surface area contributed by atoms with Crippen molar-refractivity contribution in [2.75, 3.05) is 5.32 Å². The number of anilines is 1. The first-order valence-corrected chi connectivity index (χ1v) is 12.9. The monoisotopic (exact) mass is 472 g/mol. The number of nitrogens with one attached hydrogen (secondary N) is 2. The SMILES string of the molecule is CCCCCn1c(CCC(=O)Nc2nc(C3CC3)cs2)nc2c1c(=O)[nH]c(=O)n2CCCC. The Morgan fingerprint density at radius 2 is 1.88 bits per heavy atom. The maximum absolute atomic E-state index is 12.7. The van der Waals surface area contributed by atoms with Crippen LogP contribution in [-0.2, 0) is 24.3 Å². The minimum absolute atomic E-state index is 0.129. The smallest absolute Gasteiger partial charge is 0.322 e. The number of fused-ring (bicyclic) bond motifs is 1. The lowest BCUT2D eigenvalue weighted by Gasteiger charge is -2.09. The molecule has 0 unspecified atom stereocenters. The minimum atomic E-state index is -0.432. The molecule has 1 amide bonds. The summed E-state index contributed by atoms with van der Waals surface area (Å²) in [5, 5.41) is 5.53. The van der Waals surface area contributed by atoms with E-state index in [1.165, 1.54) is 24.2 Å². The Hall–Kier alpha value is -2.75. The highest BCUT2D eigenvalue weighted by atomic mass is 32.1. The molecule has 1 saturated carbocycles. The van der Waals surface area contributed by atoms with Crippen LogP contribution in [0.3, 0.4) is 0 Å². The van der Waals surface area contributed by atoms with Gasteiger partial charge in [0.25, 0.3) is 5.56 Å². The molecule has 4 rings (SSSR count). The van der Waals surface area contributed by atoms with Crippen LogP contribution >= 0.6 is 11.3 Å². The first-order chi connectivity index (χ1) is 16.0. The number of H-pyrrole nitrogens is 1. The molecule has 2 N–H and O–H groups in total. The van der Waals surface area contributed by atoms with Crippen LogP contribution in [0.2, 0.25) is 0 Å². The van der Waals surface area contributed by atoms with E-state index >= 15 is 0 Å². The van der Waals surface area contributed by atoms with Crippen molar-refractivity contribution in [3.8, 4) is 0 Å². The first-order valence-electron chi connectivity index (χ1n) is 12.0. The summed E-state index contributed by atoms with van der Waals surface area (Å²) < 4.78 is 3.45.